The summed E-state index contributed by atoms with van der Waals surface area (Å²) < 4.78 is 39.3. The summed E-state index contributed by atoms with van der Waals surface area (Å²) in [4.78, 5) is 0. The van der Waals surface area contributed by atoms with Gasteiger partial charge in [-0.15, -0.1) is 17.0 Å². The Labute approximate surface area is 146 Å². The molecule has 2 N–H and O–H groups in total. The maximum absolute atomic E-state index is 10.6. The monoisotopic (exact) mass is 402 g/mol. The molecule has 8 heteroatoms. The van der Waals surface area contributed by atoms with E-state index in [1.807, 2.05) is 29.1 Å². The Hall–Kier alpha value is -1.64. The molecule has 1 aromatic heterocycles. The fourth-order valence-electron chi connectivity index (χ4n) is 1.88. The Balaban J connectivity index is 0.00000264. The summed E-state index contributed by atoms with van der Waals surface area (Å²) in [5, 5.41) is 0. The number of rotatable bonds is 7. The zero-order valence-corrected chi connectivity index (χ0v) is 15.0. The number of hydrogen-bond donors (Lipinski definition) is 1. The molecular formula is C15H19BrN2O4S. The summed E-state index contributed by atoms with van der Waals surface area (Å²) in [6.07, 6.45) is 3.90. The highest BCUT2D eigenvalue weighted by Gasteiger charge is 2.03. The van der Waals surface area contributed by atoms with Gasteiger partial charge in [-0.25, -0.2) is 13.0 Å². The van der Waals surface area contributed by atoms with E-state index in [9.17, 15) is 13.0 Å². The van der Waals surface area contributed by atoms with Crippen LogP contribution in [0, 0.1) is 0 Å². The maximum atomic E-state index is 10.6. The third-order valence-electron chi connectivity index (χ3n) is 3.10. The second-order valence-corrected chi connectivity index (χ2v) is 6.40. The van der Waals surface area contributed by atoms with Crippen LogP contribution in [0.2, 0.25) is 0 Å². The Morgan fingerprint density at radius 2 is 1.70 bits per heavy atom. The van der Waals surface area contributed by atoms with Crippen LogP contribution in [0.5, 0.6) is 5.75 Å². The number of aryl methyl sites for hydroxylation is 1. The van der Waals surface area contributed by atoms with Gasteiger partial charge in [-0.3, -0.25) is 0 Å². The number of nitrogens with two attached hydrogens (primary N) is 1. The van der Waals surface area contributed by atoms with Gasteiger partial charge in [-0.1, -0.05) is 0 Å². The number of halogens is 1. The molecule has 2 rings (SSSR count). The van der Waals surface area contributed by atoms with Gasteiger partial charge >= 0.3 is 0 Å². The van der Waals surface area contributed by atoms with E-state index in [2.05, 4.69) is 0 Å². The Morgan fingerprint density at radius 1 is 1.09 bits per heavy atom. The van der Waals surface area contributed by atoms with Gasteiger partial charge in [0.1, 0.15) is 12.4 Å². The number of pyridine rings is 1. The van der Waals surface area contributed by atoms with E-state index in [1.54, 1.807) is 24.3 Å². The van der Waals surface area contributed by atoms with E-state index in [1.165, 1.54) is 0 Å². The lowest BCUT2D eigenvalue weighted by molar-refractivity contribution is -0.697. The van der Waals surface area contributed by atoms with Gasteiger partial charge in [0.25, 0.3) is 0 Å². The molecule has 2 aromatic rings. The molecular weight excluding hydrogens is 384 g/mol. The third-order valence-corrected chi connectivity index (χ3v) is 3.80. The minimum absolute atomic E-state index is 0. The van der Waals surface area contributed by atoms with Gasteiger partial charge in [-0.2, -0.15) is 0 Å². The molecule has 1 heterocycles. The van der Waals surface area contributed by atoms with E-state index in [0.29, 0.717) is 18.8 Å². The molecule has 0 aliphatic heterocycles. The molecule has 1 aromatic carbocycles. The SMILES string of the molecule is Br.Nc1ccc(OCC[n+]2ccc(CCS(=O)(=O)[O-])cc2)cc1. The molecule has 0 saturated heterocycles. The van der Waals surface area contributed by atoms with Crippen molar-refractivity contribution in [2.75, 3.05) is 18.1 Å². The van der Waals surface area contributed by atoms with Crippen LogP contribution >= 0.6 is 17.0 Å². The number of benzene rings is 1. The summed E-state index contributed by atoms with van der Waals surface area (Å²) >= 11 is 0. The molecule has 126 valence electrons. The lowest BCUT2D eigenvalue weighted by Crippen LogP contribution is -2.35. The first-order valence-corrected chi connectivity index (χ1v) is 8.40. The summed E-state index contributed by atoms with van der Waals surface area (Å²) in [7, 11) is -4.17. The number of anilines is 1. The number of aromatic nitrogens is 1. The van der Waals surface area contributed by atoms with E-state index >= 15 is 0 Å². The van der Waals surface area contributed by atoms with Crippen molar-refractivity contribution in [2.24, 2.45) is 0 Å². The molecule has 0 aliphatic carbocycles. The summed E-state index contributed by atoms with van der Waals surface area (Å²) in [6, 6.07) is 10.8. The third kappa shape index (κ3) is 7.45. The molecule has 23 heavy (non-hydrogen) atoms. The van der Waals surface area contributed by atoms with Crippen molar-refractivity contribution in [3.8, 4) is 5.75 Å². The predicted octanol–water partition coefficient (Wildman–Crippen LogP) is 1.30. The van der Waals surface area contributed by atoms with Crippen molar-refractivity contribution < 1.29 is 22.3 Å². The van der Waals surface area contributed by atoms with Crippen molar-refractivity contribution in [3.05, 3.63) is 54.4 Å². The molecule has 0 fully saturated rings. The fourth-order valence-corrected chi connectivity index (χ4v) is 2.37. The molecule has 0 bridgehead atoms. The predicted molar refractivity (Wildman–Crippen MR) is 91.6 cm³/mol. The van der Waals surface area contributed by atoms with Crippen molar-refractivity contribution >= 4 is 32.8 Å². The summed E-state index contributed by atoms with van der Waals surface area (Å²) in [5.74, 6) is 0.379. The first kappa shape index (κ1) is 19.4. The minimum atomic E-state index is -4.17. The zero-order valence-electron chi connectivity index (χ0n) is 12.4. The van der Waals surface area contributed by atoms with Crippen LogP contribution in [0.1, 0.15) is 5.56 Å². The standard InChI is InChI=1S/C15H18N2O4S.BrH/c16-14-1-3-15(4-2-14)21-11-10-17-8-5-13(6-9-17)7-12-22(18,19)20;/h1-6,8-9H,7,10-12,16H2;1H. The molecule has 0 amide bonds. The Kier molecular flexibility index (Phi) is 7.47. The number of hydrogen-bond acceptors (Lipinski definition) is 5. The molecule has 0 aliphatic rings. The first-order valence-electron chi connectivity index (χ1n) is 6.82. The largest absolute Gasteiger partial charge is 0.748 e. The first-order chi connectivity index (χ1) is 10.4. The lowest BCUT2D eigenvalue weighted by Gasteiger charge is -2.06. The minimum Gasteiger partial charge on any atom is -0.748 e. The fraction of sp³-hybridized carbons (Fsp3) is 0.267. The molecule has 0 unspecified atom stereocenters. The smallest absolute Gasteiger partial charge is 0.182 e. The zero-order chi connectivity index (χ0) is 16.0. The molecule has 0 saturated carbocycles. The van der Waals surface area contributed by atoms with Crippen LogP contribution < -0.4 is 15.0 Å². The van der Waals surface area contributed by atoms with Gasteiger partial charge in [-0.05, 0) is 36.2 Å². The van der Waals surface area contributed by atoms with E-state index in [-0.39, 0.29) is 29.2 Å². The van der Waals surface area contributed by atoms with Crippen molar-refractivity contribution in [1.82, 2.24) is 0 Å². The van der Waals surface area contributed by atoms with Gasteiger partial charge in [0.2, 0.25) is 0 Å². The normalized spacial score (nSPS) is 10.8. The van der Waals surface area contributed by atoms with Gasteiger partial charge in [0.15, 0.2) is 18.9 Å². The van der Waals surface area contributed by atoms with Gasteiger partial charge in [0.05, 0.1) is 10.1 Å². The van der Waals surface area contributed by atoms with E-state index < -0.39 is 10.1 Å². The second kappa shape index (κ2) is 8.85. The number of nitrogen functional groups attached to an aromatic ring is 1. The maximum Gasteiger partial charge on any atom is 0.182 e. The van der Waals surface area contributed by atoms with Gasteiger partial charge in [0, 0.05) is 23.6 Å². The summed E-state index contributed by atoms with van der Waals surface area (Å²) in [5.41, 5.74) is 7.10. The Bertz CT molecular complexity index is 703. The van der Waals surface area contributed by atoms with Crippen LogP contribution in [-0.4, -0.2) is 25.3 Å². The Morgan fingerprint density at radius 3 is 2.26 bits per heavy atom. The highest BCUT2D eigenvalue weighted by molar-refractivity contribution is 8.93. The molecule has 0 spiro atoms. The van der Waals surface area contributed by atoms with Crippen molar-refractivity contribution in [1.29, 1.82) is 0 Å². The highest BCUT2D eigenvalue weighted by Crippen LogP contribution is 2.12. The van der Waals surface area contributed by atoms with Crippen LogP contribution in [-0.2, 0) is 23.1 Å². The molecule has 6 nitrogen and oxygen atoms in total. The average molecular weight is 403 g/mol. The molecule has 0 atom stereocenters. The number of ether oxygens (including phenoxy) is 1. The van der Waals surface area contributed by atoms with E-state index in [4.69, 9.17) is 10.5 Å². The number of nitrogens with zero attached hydrogens (tertiary/aromatic N) is 1. The van der Waals surface area contributed by atoms with Crippen molar-refractivity contribution in [3.63, 3.8) is 0 Å². The second-order valence-electron chi connectivity index (χ2n) is 4.87. The summed E-state index contributed by atoms with van der Waals surface area (Å²) in [6.45, 7) is 1.16. The average Bonchev–Trinajstić information content (AvgIpc) is 2.48. The van der Waals surface area contributed by atoms with Crippen molar-refractivity contribution in [2.45, 2.75) is 13.0 Å². The van der Waals surface area contributed by atoms with Gasteiger partial charge < -0.3 is 15.0 Å². The van der Waals surface area contributed by atoms with Crippen LogP contribution in [0.3, 0.4) is 0 Å². The quantitative estimate of drug-likeness (QED) is 0.427. The van der Waals surface area contributed by atoms with Crippen LogP contribution in [0.15, 0.2) is 48.8 Å². The lowest BCUT2D eigenvalue weighted by atomic mass is 10.2. The van der Waals surface area contributed by atoms with E-state index in [0.717, 1.165) is 11.3 Å². The van der Waals surface area contributed by atoms with Crippen LogP contribution in [0.4, 0.5) is 5.69 Å². The topological polar surface area (TPSA) is 96.3 Å². The van der Waals surface area contributed by atoms with Crippen LogP contribution in [0.25, 0.3) is 0 Å². The molecule has 0 radical (unpaired) electrons. The highest BCUT2D eigenvalue weighted by atomic mass is 79.9.